The molecule has 0 bridgehead atoms. The van der Waals surface area contributed by atoms with Crippen molar-refractivity contribution in [3.8, 4) is 0 Å². The van der Waals surface area contributed by atoms with Crippen molar-refractivity contribution in [2.45, 2.75) is 104 Å². The molecule has 4 rings (SSSR count). The normalized spacial score (nSPS) is 50.3. The fourth-order valence-electron chi connectivity index (χ4n) is 9.46. The summed E-state index contributed by atoms with van der Waals surface area (Å²) in [5.41, 5.74) is 0.839. The molecule has 0 saturated heterocycles. The average Bonchev–Trinajstić information content (AvgIpc) is 3.03. The molecule has 0 spiro atoms. The lowest BCUT2D eigenvalue weighted by atomic mass is 9.42. The zero-order valence-electron chi connectivity index (χ0n) is 19.2. The maximum atomic E-state index is 11.1. The average molecular weight is 405 g/mol. The molecule has 4 aliphatic carbocycles. The SMILES string of the molecule is CCC1CC2C(CCC3(C)C2CCC3[C@H](C)CCC(=O)O)C2(C)CC[C@@H](O)CC12. The van der Waals surface area contributed by atoms with Gasteiger partial charge in [-0.1, -0.05) is 34.1 Å². The van der Waals surface area contributed by atoms with Crippen molar-refractivity contribution in [2.75, 3.05) is 0 Å². The number of carboxylic acid groups (broad SMARTS) is 1. The van der Waals surface area contributed by atoms with Crippen LogP contribution in [0.1, 0.15) is 98.3 Å². The van der Waals surface area contributed by atoms with Gasteiger partial charge < -0.3 is 10.2 Å². The maximum absolute atomic E-state index is 11.1. The largest absolute Gasteiger partial charge is 0.481 e. The Bertz CT molecular complexity index is 617. The number of carboxylic acids is 1. The minimum atomic E-state index is -0.642. The molecule has 0 aromatic rings. The van der Waals surface area contributed by atoms with Gasteiger partial charge in [-0.2, -0.15) is 0 Å². The van der Waals surface area contributed by atoms with Crippen molar-refractivity contribution in [1.29, 1.82) is 0 Å². The summed E-state index contributed by atoms with van der Waals surface area (Å²) in [6, 6.07) is 0. The van der Waals surface area contributed by atoms with Gasteiger partial charge in [-0.05, 0) is 110 Å². The lowest BCUT2D eigenvalue weighted by molar-refractivity contribution is -0.152. The molecule has 4 saturated carbocycles. The summed E-state index contributed by atoms with van der Waals surface area (Å²) in [5.74, 6) is 4.60. The first kappa shape index (κ1) is 21.7. The topological polar surface area (TPSA) is 57.5 Å². The minimum Gasteiger partial charge on any atom is -0.481 e. The number of hydrogen-bond acceptors (Lipinski definition) is 2. The summed E-state index contributed by atoms with van der Waals surface area (Å²) in [6.07, 6.45) is 12.4. The van der Waals surface area contributed by atoms with Crippen LogP contribution in [0.4, 0.5) is 0 Å². The molecule has 0 heterocycles. The smallest absolute Gasteiger partial charge is 0.303 e. The molecule has 0 amide bonds. The van der Waals surface area contributed by atoms with Crippen LogP contribution in [0.15, 0.2) is 0 Å². The molecule has 29 heavy (non-hydrogen) atoms. The van der Waals surface area contributed by atoms with Crippen LogP contribution in [0.25, 0.3) is 0 Å². The predicted molar refractivity (Wildman–Crippen MR) is 116 cm³/mol. The van der Waals surface area contributed by atoms with Crippen molar-refractivity contribution in [3.63, 3.8) is 0 Å². The van der Waals surface area contributed by atoms with Crippen LogP contribution >= 0.6 is 0 Å². The fraction of sp³-hybridized carbons (Fsp3) is 0.962. The summed E-state index contributed by atoms with van der Waals surface area (Å²) in [4.78, 5) is 11.1. The number of aliphatic hydroxyl groups excluding tert-OH is 1. The molecule has 4 aliphatic rings. The van der Waals surface area contributed by atoms with Crippen molar-refractivity contribution >= 4 is 5.97 Å². The zero-order valence-corrected chi connectivity index (χ0v) is 19.2. The Kier molecular flexibility index (Phi) is 5.86. The number of rotatable bonds is 5. The van der Waals surface area contributed by atoms with Gasteiger partial charge >= 0.3 is 5.97 Å². The second-order valence-corrected chi connectivity index (χ2v) is 12.0. The van der Waals surface area contributed by atoms with Crippen LogP contribution in [0.5, 0.6) is 0 Å². The molecule has 0 radical (unpaired) electrons. The Morgan fingerprint density at radius 3 is 2.38 bits per heavy atom. The van der Waals surface area contributed by atoms with Crippen molar-refractivity contribution < 1.29 is 15.0 Å². The first-order valence-electron chi connectivity index (χ1n) is 12.6. The van der Waals surface area contributed by atoms with E-state index < -0.39 is 5.97 Å². The minimum absolute atomic E-state index is 0.0709. The van der Waals surface area contributed by atoms with E-state index in [2.05, 4.69) is 27.7 Å². The summed E-state index contributed by atoms with van der Waals surface area (Å²) >= 11 is 0. The van der Waals surface area contributed by atoms with Crippen molar-refractivity contribution in [2.24, 2.45) is 52.3 Å². The number of hydrogen-bond donors (Lipinski definition) is 2. The van der Waals surface area contributed by atoms with E-state index in [0.717, 1.165) is 42.9 Å². The standard InChI is InChI=1S/C26H44O3/c1-5-17-14-19-21-8-7-20(16(2)6-9-24(28)29)25(21,3)13-11-22(19)26(4)12-10-18(27)15-23(17)26/h16-23,27H,5-15H2,1-4H3,(H,28,29)/t16-,17?,18-,19?,20?,21?,22?,23?,25?,26?/m1/s1. The van der Waals surface area contributed by atoms with E-state index in [0.29, 0.717) is 35.0 Å². The van der Waals surface area contributed by atoms with Crippen LogP contribution in [0.2, 0.25) is 0 Å². The number of carbonyl (C=O) groups is 1. The van der Waals surface area contributed by atoms with Crippen LogP contribution in [-0.4, -0.2) is 22.3 Å². The summed E-state index contributed by atoms with van der Waals surface area (Å²) in [5, 5.41) is 19.6. The highest BCUT2D eigenvalue weighted by Gasteiger charge is 2.62. The molecular weight excluding hydrogens is 360 g/mol. The molecule has 0 aromatic heterocycles. The van der Waals surface area contributed by atoms with E-state index in [9.17, 15) is 9.90 Å². The molecule has 4 fully saturated rings. The van der Waals surface area contributed by atoms with Gasteiger partial charge in [0.15, 0.2) is 0 Å². The molecule has 166 valence electrons. The van der Waals surface area contributed by atoms with Crippen molar-refractivity contribution in [3.05, 3.63) is 0 Å². The van der Waals surface area contributed by atoms with Gasteiger partial charge in [0.05, 0.1) is 6.10 Å². The van der Waals surface area contributed by atoms with E-state index >= 15 is 0 Å². The fourth-order valence-corrected chi connectivity index (χ4v) is 9.46. The van der Waals surface area contributed by atoms with E-state index in [-0.39, 0.29) is 6.10 Å². The highest BCUT2D eigenvalue weighted by atomic mass is 16.4. The molecular formula is C26H44O3. The van der Waals surface area contributed by atoms with Gasteiger partial charge in [0.2, 0.25) is 0 Å². The first-order chi connectivity index (χ1) is 13.7. The Balaban J connectivity index is 1.57. The third-order valence-electron chi connectivity index (χ3n) is 10.9. The van der Waals surface area contributed by atoms with Crippen molar-refractivity contribution in [1.82, 2.24) is 0 Å². The predicted octanol–water partition coefficient (Wildman–Crippen LogP) is 6.14. The van der Waals surface area contributed by atoms with E-state index in [1.807, 2.05) is 0 Å². The van der Waals surface area contributed by atoms with Crippen LogP contribution in [0, 0.1) is 52.3 Å². The van der Waals surface area contributed by atoms with E-state index in [1.165, 1.54) is 44.9 Å². The molecule has 10 atom stereocenters. The third-order valence-corrected chi connectivity index (χ3v) is 10.9. The van der Waals surface area contributed by atoms with E-state index in [4.69, 9.17) is 5.11 Å². The highest BCUT2D eigenvalue weighted by Crippen LogP contribution is 2.69. The molecule has 8 unspecified atom stereocenters. The van der Waals surface area contributed by atoms with Gasteiger partial charge in [-0.15, -0.1) is 0 Å². The first-order valence-corrected chi connectivity index (χ1v) is 12.6. The quantitative estimate of drug-likeness (QED) is 0.578. The lowest BCUT2D eigenvalue weighted by Gasteiger charge is -2.63. The van der Waals surface area contributed by atoms with Gasteiger partial charge in [-0.25, -0.2) is 0 Å². The Morgan fingerprint density at radius 2 is 1.69 bits per heavy atom. The van der Waals surface area contributed by atoms with Gasteiger partial charge in [-0.3, -0.25) is 4.79 Å². The summed E-state index contributed by atoms with van der Waals surface area (Å²) in [7, 11) is 0. The van der Waals surface area contributed by atoms with Crippen LogP contribution < -0.4 is 0 Å². The summed E-state index contributed by atoms with van der Waals surface area (Å²) < 4.78 is 0. The number of aliphatic hydroxyl groups is 1. The molecule has 3 heteroatoms. The van der Waals surface area contributed by atoms with Gasteiger partial charge in [0.1, 0.15) is 0 Å². The second-order valence-electron chi connectivity index (χ2n) is 12.0. The number of fused-ring (bicyclic) bond motifs is 5. The molecule has 0 aromatic carbocycles. The Morgan fingerprint density at radius 1 is 1.00 bits per heavy atom. The molecule has 2 N–H and O–H groups in total. The van der Waals surface area contributed by atoms with E-state index in [1.54, 1.807) is 0 Å². The molecule has 0 aliphatic heterocycles. The third kappa shape index (κ3) is 3.48. The second kappa shape index (κ2) is 7.84. The van der Waals surface area contributed by atoms with Gasteiger partial charge in [0, 0.05) is 6.42 Å². The zero-order chi connectivity index (χ0) is 21.0. The Hall–Kier alpha value is -0.570. The number of aliphatic carboxylic acids is 1. The van der Waals surface area contributed by atoms with Crippen LogP contribution in [-0.2, 0) is 4.79 Å². The molecule has 3 nitrogen and oxygen atoms in total. The lowest BCUT2D eigenvalue weighted by Crippen LogP contribution is -2.56. The van der Waals surface area contributed by atoms with Crippen LogP contribution in [0.3, 0.4) is 0 Å². The Labute approximate surface area is 178 Å². The monoisotopic (exact) mass is 404 g/mol. The van der Waals surface area contributed by atoms with Gasteiger partial charge in [0.25, 0.3) is 0 Å². The maximum Gasteiger partial charge on any atom is 0.303 e. The summed E-state index contributed by atoms with van der Waals surface area (Å²) in [6.45, 7) is 9.86. The highest BCUT2D eigenvalue weighted by molar-refractivity contribution is 5.66.